The van der Waals surface area contributed by atoms with Crippen molar-refractivity contribution in [2.75, 3.05) is 6.61 Å². The largest absolute Gasteiger partial charge is 0.394 e. The minimum Gasteiger partial charge on any atom is -0.394 e. The Morgan fingerprint density at radius 1 is 1.43 bits per heavy atom. The number of halogens is 1. The first-order chi connectivity index (χ1) is 6.74. The molecule has 0 bridgehead atoms. The van der Waals surface area contributed by atoms with Gasteiger partial charge in [0.1, 0.15) is 0 Å². The first-order valence-corrected chi connectivity index (χ1v) is 4.74. The van der Waals surface area contributed by atoms with E-state index in [1.54, 1.807) is 0 Å². The van der Waals surface area contributed by atoms with E-state index < -0.39 is 6.04 Å². The zero-order chi connectivity index (χ0) is 10.1. The van der Waals surface area contributed by atoms with Crippen molar-refractivity contribution in [1.29, 1.82) is 0 Å². The fourth-order valence-corrected chi connectivity index (χ4v) is 1.83. The predicted octanol–water partition coefficient (Wildman–Crippen LogP) is 1.81. The highest BCUT2D eigenvalue weighted by Gasteiger charge is 2.14. The standard InChI is InChI=1S/C10H11ClN2O/c11-9-6-3-1-2-4-8(6)13-10(9)7(12)5-14/h1-4,7,13-14H,5,12H2/t7-/m1/s1. The van der Waals surface area contributed by atoms with Crippen molar-refractivity contribution in [3.05, 3.63) is 35.0 Å². The fourth-order valence-electron chi connectivity index (χ4n) is 1.48. The molecule has 0 saturated carbocycles. The van der Waals surface area contributed by atoms with E-state index in [0.29, 0.717) is 10.7 Å². The average Bonchev–Trinajstić information content (AvgIpc) is 2.56. The summed E-state index contributed by atoms with van der Waals surface area (Å²) in [5, 5.41) is 10.5. The second-order valence-electron chi connectivity index (χ2n) is 3.19. The van der Waals surface area contributed by atoms with Gasteiger partial charge in [-0.25, -0.2) is 0 Å². The average molecular weight is 211 g/mol. The Kier molecular flexibility index (Phi) is 2.46. The molecule has 0 saturated heterocycles. The molecule has 0 aliphatic heterocycles. The minimum absolute atomic E-state index is 0.119. The van der Waals surface area contributed by atoms with E-state index >= 15 is 0 Å². The number of hydrogen-bond acceptors (Lipinski definition) is 2. The van der Waals surface area contributed by atoms with Crippen molar-refractivity contribution in [3.8, 4) is 0 Å². The van der Waals surface area contributed by atoms with Crippen LogP contribution in [0, 0.1) is 0 Å². The van der Waals surface area contributed by atoms with Crippen LogP contribution in [0.1, 0.15) is 11.7 Å². The second-order valence-corrected chi connectivity index (χ2v) is 3.57. The topological polar surface area (TPSA) is 62.0 Å². The van der Waals surface area contributed by atoms with E-state index in [1.807, 2.05) is 24.3 Å². The molecule has 0 spiro atoms. The van der Waals surface area contributed by atoms with Crippen molar-refractivity contribution >= 4 is 22.5 Å². The number of rotatable bonds is 2. The van der Waals surface area contributed by atoms with Crippen LogP contribution in [0.25, 0.3) is 10.9 Å². The van der Waals surface area contributed by atoms with Crippen molar-refractivity contribution in [3.63, 3.8) is 0 Å². The lowest BCUT2D eigenvalue weighted by molar-refractivity contribution is 0.266. The predicted molar refractivity (Wildman–Crippen MR) is 57.3 cm³/mol. The Balaban J connectivity index is 2.62. The van der Waals surface area contributed by atoms with Crippen LogP contribution in [0.4, 0.5) is 0 Å². The lowest BCUT2D eigenvalue weighted by Crippen LogP contribution is -2.15. The number of H-pyrrole nitrogens is 1. The van der Waals surface area contributed by atoms with Crippen molar-refractivity contribution in [1.82, 2.24) is 4.98 Å². The Bertz CT molecular complexity index is 452. The second kappa shape index (κ2) is 3.61. The molecule has 2 rings (SSSR count). The van der Waals surface area contributed by atoms with Gasteiger partial charge in [-0.15, -0.1) is 0 Å². The van der Waals surface area contributed by atoms with Crippen LogP contribution in [-0.2, 0) is 0 Å². The normalized spacial score (nSPS) is 13.4. The SMILES string of the molecule is N[C@H](CO)c1[nH]c2ccccc2c1Cl. The number of hydrogen-bond donors (Lipinski definition) is 3. The lowest BCUT2D eigenvalue weighted by atomic mass is 10.2. The summed E-state index contributed by atoms with van der Waals surface area (Å²) >= 11 is 6.11. The summed E-state index contributed by atoms with van der Waals surface area (Å²) < 4.78 is 0. The van der Waals surface area contributed by atoms with Gasteiger partial charge in [0.25, 0.3) is 0 Å². The van der Waals surface area contributed by atoms with E-state index in [9.17, 15) is 0 Å². The van der Waals surface area contributed by atoms with Crippen LogP contribution in [0.15, 0.2) is 24.3 Å². The Hall–Kier alpha value is -1.03. The highest BCUT2D eigenvalue weighted by atomic mass is 35.5. The van der Waals surface area contributed by atoms with Gasteiger partial charge in [-0.3, -0.25) is 0 Å². The summed E-state index contributed by atoms with van der Waals surface area (Å²) in [5.74, 6) is 0. The fraction of sp³-hybridized carbons (Fsp3) is 0.200. The van der Waals surface area contributed by atoms with E-state index in [0.717, 1.165) is 10.9 Å². The van der Waals surface area contributed by atoms with Gasteiger partial charge < -0.3 is 15.8 Å². The molecule has 1 heterocycles. The molecular formula is C10H11ClN2O. The molecule has 1 aromatic heterocycles. The molecule has 0 aliphatic rings. The van der Waals surface area contributed by atoms with Crippen molar-refractivity contribution < 1.29 is 5.11 Å². The first-order valence-electron chi connectivity index (χ1n) is 4.36. The summed E-state index contributed by atoms with van der Waals surface area (Å²) in [5.41, 5.74) is 7.32. The number of aromatic amines is 1. The van der Waals surface area contributed by atoms with Crippen LogP contribution in [0.5, 0.6) is 0 Å². The van der Waals surface area contributed by atoms with Gasteiger partial charge in [-0.1, -0.05) is 29.8 Å². The number of para-hydroxylation sites is 1. The van der Waals surface area contributed by atoms with Gasteiger partial charge in [-0.05, 0) is 6.07 Å². The van der Waals surface area contributed by atoms with Crippen LogP contribution < -0.4 is 5.73 Å². The minimum atomic E-state index is -0.449. The molecule has 4 heteroatoms. The van der Waals surface area contributed by atoms with Crippen LogP contribution >= 0.6 is 11.6 Å². The Morgan fingerprint density at radius 3 is 2.79 bits per heavy atom. The van der Waals surface area contributed by atoms with E-state index in [-0.39, 0.29) is 6.61 Å². The molecule has 14 heavy (non-hydrogen) atoms. The molecule has 2 aromatic rings. The van der Waals surface area contributed by atoms with Gasteiger partial charge in [0.15, 0.2) is 0 Å². The third kappa shape index (κ3) is 1.39. The van der Waals surface area contributed by atoms with Crippen LogP contribution in [-0.4, -0.2) is 16.7 Å². The summed E-state index contributed by atoms with van der Waals surface area (Å²) in [4.78, 5) is 3.10. The lowest BCUT2D eigenvalue weighted by Gasteiger charge is -2.05. The molecule has 3 nitrogen and oxygen atoms in total. The molecule has 0 fully saturated rings. The Morgan fingerprint density at radius 2 is 2.14 bits per heavy atom. The molecule has 1 atom stereocenters. The third-order valence-corrected chi connectivity index (χ3v) is 2.64. The zero-order valence-corrected chi connectivity index (χ0v) is 8.25. The number of benzene rings is 1. The molecule has 0 aliphatic carbocycles. The van der Waals surface area contributed by atoms with E-state index in [1.165, 1.54) is 0 Å². The highest BCUT2D eigenvalue weighted by Crippen LogP contribution is 2.29. The van der Waals surface area contributed by atoms with Crippen molar-refractivity contribution in [2.24, 2.45) is 5.73 Å². The van der Waals surface area contributed by atoms with Crippen LogP contribution in [0.3, 0.4) is 0 Å². The molecule has 0 amide bonds. The first kappa shape index (κ1) is 9.52. The van der Waals surface area contributed by atoms with E-state index in [4.69, 9.17) is 22.4 Å². The molecule has 4 N–H and O–H groups in total. The summed E-state index contributed by atoms with van der Waals surface area (Å²) in [7, 11) is 0. The molecule has 1 aromatic carbocycles. The maximum Gasteiger partial charge on any atom is 0.0709 e. The smallest absolute Gasteiger partial charge is 0.0709 e. The summed E-state index contributed by atoms with van der Waals surface area (Å²) in [6, 6.07) is 7.23. The van der Waals surface area contributed by atoms with Gasteiger partial charge in [0.05, 0.1) is 23.4 Å². The maximum absolute atomic E-state index is 8.93. The van der Waals surface area contributed by atoms with Crippen molar-refractivity contribution in [2.45, 2.75) is 6.04 Å². The number of aliphatic hydroxyl groups excluding tert-OH is 1. The number of nitrogens with one attached hydrogen (secondary N) is 1. The zero-order valence-electron chi connectivity index (χ0n) is 7.50. The number of aliphatic hydroxyl groups is 1. The number of fused-ring (bicyclic) bond motifs is 1. The molecule has 0 unspecified atom stereocenters. The van der Waals surface area contributed by atoms with Gasteiger partial charge >= 0.3 is 0 Å². The maximum atomic E-state index is 8.93. The van der Waals surface area contributed by atoms with E-state index in [2.05, 4.69) is 4.98 Å². The highest BCUT2D eigenvalue weighted by molar-refractivity contribution is 6.36. The Labute approximate surface area is 86.5 Å². The number of nitrogens with two attached hydrogens (primary N) is 1. The monoisotopic (exact) mass is 210 g/mol. The summed E-state index contributed by atoms with van der Waals surface area (Å²) in [6.45, 7) is -0.119. The van der Waals surface area contributed by atoms with Gasteiger partial charge in [-0.2, -0.15) is 0 Å². The molecule has 0 radical (unpaired) electrons. The quantitative estimate of drug-likeness (QED) is 0.708. The van der Waals surface area contributed by atoms with Crippen LogP contribution in [0.2, 0.25) is 5.02 Å². The van der Waals surface area contributed by atoms with Gasteiger partial charge in [0, 0.05) is 10.9 Å². The third-order valence-electron chi connectivity index (χ3n) is 2.24. The summed E-state index contributed by atoms with van der Waals surface area (Å²) in [6.07, 6.45) is 0. The van der Waals surface area contributed by atoms with Gasteiger partial charge in [0.2, 0.25) is 0 Å². The molecular weight excluding hydrogens is 200 g/mol. The molecule has 74 valence electrons. The number of aromatic nitrogens is 1.